The van der Waals surface area contributed by atoms with Crippen LogP contribution in [0.25, 0.3) is 22.3 Å². The minimum Gasteiger partial charge on any atom is -0.423 e. The summed E-state index contributed by atoms with van der Waals surface area (Å²) >= 11 is 0. The minimum absolute atomic E-state index is 0.448. The maximum absolute atomic E-state index is 9.73. The molecule has 2 N–H and O–H groups in total. The van der Waals surface area contributed by atoms with E-state index in [-0.39, 0.29) is 0 Å². The molecule has 5 rings (SSSR count). The molecule has 5 aromatic carbocycles. The Kier molecular flexibility index (Phi) is 6.26. The second kappa shape index (κ2) is 9.80. The van der Waals surface area contributed by atoms with Crippen molar-refractivity contribution in [3.63, 3.8) is 0 Å². The van der Waals surface area contributed by atoms with Gasteiger partial charge >= 0.3 is 7.12 Å². The van der Waals surface area contributed by atoms with Gasteiger partial charge in [-0.05, 0) is 64.1 Å². The Bertz CT molecular complexity index is 1270. The SMILES string of the molecule is OB(O)c1cccc(N(c2ccc(-c3ccccc3)cc2)c2ccc(-c3ccccc3)cc2)c1. The molecule has 0 aliphatic heterocycles. The van der Waals surface area contributed by atoms with Crippen LogP contribution in [0.2, 0.25) is 0 Å². The number of nitrogens with zero attached hydrogens (tertiary/aromatic N) is 1. The van der Waals surface area contributed by atoms with Gasteiger partial charge in [0.1, 0.15) is 0 Å². The lowest BCUT2D eigenvalue weighted by atomic mass is 9.80. The topological polar surface area (TPSA) is 43.7 Å². The predicted molar refractivity (Wildman–Crippen MR) is 142 cm³/mol. The normalized spacial score (nSPS) is 10.6. The van der Waals surface area contributed by atoms with Gasteiger partial charge in [-0.25, -0.2) is 0 Å². The van der Waals surface area contributed by atoms with Crippen LogP contribution in [-0.4, -0.2) is 17.2 Å². The lowest BCUT2D eigenvalue weighted by Crippen LogP contribution is -2.30. The molecule has 0 aromatic heterocycles. The third kappa shape index (κ3) is 4.64. The smallest absolute Gasteiger partial charge is 0.423 e. The molecule has 0 aliphatic carbocycles. The van der Waals surface area contributed by atoms with Gasteiger partial charge in [-0.1, -0.05) is 97.1 Å². The van der Waals surface area contributed by atoms with E-state index in [1.807, 2.05) is 48.5 Å². The maximum Gasteiger partial charge on any atom is 0.488 e. The van der Waals surface area contributed by atoms with Crippen LogP contribution in [0.3, 0.4) is 0 Å². The Morgan fingerprint density at radius 1 is 0.412 bits per heavy atom. The first-order valence-corrected chi connectivity index (χ1v) is 11.3. The molecule has 0 fully saturated rings. The molecule has 34 heavy (non-hydrogen) atoms. The van der Waals surface area contributed by atoms with E-state index in [2.05, 4.69) is 77.7 Å². The van der Waals surface area contributed by atoms with Crippen molar-refractivity contribution in [2.24, 2.45) is 0 Å². The fraction of sp³-hybridized carbons (Fsp3) is 0. The van der Waals surface area contributed by atoms with Crippen molar-refractivity contribution in [3.05, 3.63) is 133 Å². The molecule has 0 spiro atoms. The predicted octanol–water partition coefficient (Wildman–Crippen LogP) is 6.17. The molecule has 5 aromatic rings. The van der Waals surface area contributed by atoms with Gasteiger partial charge in [0.2, 0.25) is 0 Å². The number of hydrogen-bond donors (Lipinski definition) is 2. The van der Waals surface area contributed by atoms with Crippen molar-refractivity contribution >= 4 is 29.6 Å². The molecule has 0 unspecified atom stereocenters. The van der Waals surface area contributed by atoms with Gasteiger partial charge < -0.3 is 14.9 Å². The summed E-state index contributed by atoms with van der Waals surface area (Å²) < 4.78 is 0. The van der Waals surface area contributed by atoms with Crippen molar-refractivity contribution in [1.82, 2.24) is 0 Å². The monoisotopic (exact) mass is 441 g/mol. The summed E-state index contributed by atoms with van der Waals surface area (Å²) in [6, 6.07) is 44.7. The Hall–Kier alpha value is -4.12. The maximum atomic E-state index is 9.73. The average Bonchev–Trinajstić information content (AvgIpc) is 2.91. The van der Waals surface area contributed by atoms with Crippen molar-refractivity contribution in [3.8, 4) is 22.3 Å². The van der Waals surface area contributed by atoms with Gasteiger partial charge in [-0.2, -0.15) is 0 Å². The zero-order valence-electron chi connectivity index (χ0n) is 18.6. The molecular formula is C30H24BNO2. The van der Waals surface area contributed by atoms with Gasteiger partial charge in [-0.3, -0.25) is 0 Å². The van der Waals surface area contributed by atoms with Crippen LogP contribution in [0, 0.1) is 0 Å². The molecule has 0 saturated carbocycles. The number of anilines is 3. The molecule has 3 nitrogen and oxygen atoms in total. The van der Waals surface area contributed by atoms with Gasteiger partial charge in [0, 0.05) is 17.1 Å². The van der Waals surface area contributed by atoms with Crippen molar-refractivity contribution in [1.29, 1.82) is 0 Å². The van der Waals surface area contributed by atoms with E-state index in [1.54, 1.807) is 12.1 Å². The van der Waals surface area contributed by atoms with Crippen LogP contribution in [-0.2, 0) is 0 Å². The third-order valence-electron chi connectivity index (χ3n) is 5.89. The van der Waals surface area contributed by atoms with E-state index in [0.717, 1.165) is 28.2 Å². The highest BCUT2D eigenvalue weighted by Crippen LogP contribution is 2.36. The van der Waals surface area contributed by atoms with E-state index in [9.17, 15) is 10.0 Å². The van der Waals surface area contributed by atoms with Gasteiger partial charge in [0.15, 0.2) is 0 Å². The summed E-state index contributed by atoms with van der Waals surface area (Å²) in [5.74, 6) is 0. The first-order valence-electron chi connectivity index (χ1n) is 11.3. The van der Waals surface area contributed by atoms with Crippen molar-refractivity contribution < 1.29 is 10.0 Å². The van der Waals surface area contributed by atoms with Gasteiger partial charge in [0.05, 0.1) is 0 Å². The molecule has 0 bridgehead atoms. The van der Waals surface area contributed by atoms with Crippen LogP contribution >= 0.6 is 0 Å². The Morgan fingerprint density at radius 2 is 0.853 bits per heavy atom. The average molecular weight is 441 g/mol. The highest BCUT2D eigenvalue weighted by Gasteiger charge is 2.17. The summed E-state index contributed by atoms with van der Waals surface area (Å²) in [4.78, 5) is 2.12. The molecular weight excluding hydrogens is 417 g/mol. The fourth-order valence-corrected chi connectivity index (χ4v) is 4.14. The highest BCUT2D eigenvalue weighted by molar-refractivity contribution is 6.58. The zero-order valence-corrected chi connectivity index (χ0v) is 18.6. The minimum atomic E-state index is -1.53. The number of hydrogen-bond acceptors (Lipinski definition) is 3. The van der Waals surface area contributed by atoms with E-state index >= 15 is 0 Å². The van der Waals surface area contributed by atoms with Crippen LogP contribution < -0.4 is 10.4 Å². The Morgan fingerprint density at radius 3 is 1.29 bits per heavy atom. The molecule has 0 heterocycles. The summed E-state index contributed by atoms with van der Waals surface area (Å²) in [7, 11) is -1.53. The second-order valence-corrected chi connectivity index (χ2v) is 8.13. The standard InChI is InChI=1S/C30H24BNO2/c33-31(34)27-12-7-13-30(22-27)32(28-18-14-25(15-19-28)23-8-3-1-4-9-23)29-20-16-26(17-21-29)24-10-5-2-6-11-24/h1-22,33-34H. The van der Waals surface area contributed by atoms with Gasteiger partial charge in [-0.15, -0.1) is 0 Å². The van der Waals surface area contributed by atoms with Crippen molar-refractivity contribution in [2.75, 3.05) is 4.90 Å². The van der Waals surface area contributed by atoms with Crippen LogP contribution in [0.4, 0.5) is 17.1 Å². The van der Waals surface area contributed by atoms with Crippen molar-refractivity contribution in [2.45, 2.75) is 0 Å². The van der Waals surface area contributed by atoms with Crippen LogP contribution in [0.5, 0.6) is 0 Å². The summed E-state index contributed by atoms with van der Waals surface area (Å²) in [5, 5.41) is 19.5. The number of benzene rings is 5. The summed E-state index contributed by atoms with van der Waals surface area (Å²) in [6.45, 7) is 0. The van der Waals surface area contributed by atoms with E-state index in [1.165, 1.54) is 11.1 Å². The molecule has 0 atom stereocenters. The Balaban J connectivity index is 1.56. The van der Waals surface area contributed by atoms with E-state index < -0.39 is 7.12 Å². The van der Waals surface area contributed by atoms with Crippen LogP contribution in [0.15, 0.2) is 133 Å². The molecule has 4 heteroatoms. The molecule has 0 saturated heterocycles. The Labute approximate surface area is 200 Å². The van der Waals surface area contributed by atoms with E-state index in [0.29, 0.717) is 5.46 Å². The first-order chi connectivity index (χ1) is 16.7. The largest absolute Gasteiger partial charge is 0.488 e. The quantitative estimate of drug-likeness (QED) is 0.310. The first kappa shape index (κ1) is 21.7. The van der Waals surface area contributed by atoms with Gasteiger partial charge in [0.25, 0.3) is 0 Å². The molecule has 164 valence electrons. The number of rotatable bonds is 6. The summed E-state index contributed by atoms with van der Waals surface area (Å²) in [5.41, 5.74) is 7.88. The fourth-order valence-electron chi connectivity index (χ4n) is 4.14. The third-order valence-corrected chi connectivity index (χ3v) is 5.89. The molecule has 0 amide bonds. The molecule has 0 radical (unpaired) electrons. The highest BCUT2D eigenvalue weighted by atomic mass is 16.4. The summed E-state index contributed by atoms with van der Waals surface area (Å²) in [6.07, 6.45) is 0. The lowest BCUT2D eigenvalue weighted by molar-refractivity contribution is 0.426. The van der Waals surface area contributed by atoms with Crippen LogP contribution in [0.1, 0.15) is 0 Å². The lowest BCUT2D eigenvalue weighted by Gasteiger charge is -2.26. The molecule has 0 aliphatic rings. The second-order valence-electron chi connectivity index (χ2n) is 8.13. The van der Waals surface area contributed by atoms with E-state index in [4.69, 9.17) is 0 Å². The zero-order chi connectivity index (χ0) is 23.3.